The Morgan fingerprint density at radius 3 is 2.68 bits per heavy atom. The monoisotopic (exact) mass is 434 g/mol. The number of fused-ring (bicyclic) bond motifs is 1. The molecular weight excluding hydrogens is 409 g/mol. The van der Waals surface area contributed by atoms with Crippen LogP contribution in [-0.2, 0) is 22.1 Å². The zero-order valence-corrected chi connectivity index (χ0v) is 17.6. The lowest BCUT2D eigenvalue weighted by Crippen LogP contribution is -2.15. The molecule has 1 aliphatic heterocycles. The average molecular weight is 434 g/mol. The van der Waals surface area contributed by atoms with E-state index in [1.807, 2.05) is 6.92 Å². The molecule has 0 aliphatic carbocycles. The molecule has 0 bridgehead atoms. The Morgan fingerprint density at radius 1 is 1.23 bits per heavy atom. The minimum absolute atomic E-state index is 0.176. The summed E-state index contributed by atoms with van der Waals surface area (Å²) in [6, 6.07) is 7.45. The maximum absolute atomic E-state index is 13.9. The Kier molecular flexibility index (Phi) is 6.93. The quantitative estimate of drug-likeness (QED) is 0.302. The van der Waals surface area contributed by atoms with Gasteiger partial charge in [0.15, 0.2) is 0 Å². The topological polar surface area (TPSA) is 44.8 Å². The van der Waals surface area contributed by atoms with Crippen molar-refractivity contribution in [2.24, 2.45) is 0 Å². The van der Waals surface area contributed by atoms with E-state index < -0.39 is 17.7 Å². The van der Waals surface area contributed by atoms with Crippen molar-refractivity contribution in [2.75, 3.05) is 20.3 Å². The molecule has 4 nitrogen and oxygen atoms in total. The van der Waals surface area contributed by atoms with Crippen molar-refractivity contribution in [3.8, 4) is 22.6 Å². The van der Waals surface area contributed by atoms with Crippen LogP contribution in [0.2, 0.25) is 0 Å². The molecule has 1 aliphatic rings. The van der Waals surface area contributed by atoms with Crippen LogP contribution < -0.4 is 9.47 Å². The van der Waals surface area contributed by atoms with E-state index in [1.54, 1.807) is 18.2 Å². The Balaban J connectivity index is 2.28. The van der Waals surface area contributed by atoms with Crippen molar-refractivity contribution in [1.29, 1.82) is 0 Å². The van der Waals surface area contributed by atoms with Crippen molar-refractivity contribution in [3.63, 3.8) is 0 Å². The van der Waals surface area contributed by atoms with Gasteiger partial charge in [-0.3, -0.25) is 0 Å². The molecule has 31 heavy (non-hydrogen) atoms. The normalized spacial score (nSPS) is 13.2. The molecular formula is C24H25F3O4. The van der Waals surface area contributed by atoms with Gasteiger partial charge in [0.05, 0.1) is 31.5 Å². The number of ether oxygens (including phenoxy) is 3. The Morgan fingerprint density at radius 2 is 2.00 bits per heavy atom. The Bertz CT molecular complexity index is 980. The van der Waals surface area contributed by atoms with Gasteiger partial charge in [0.25, 0.3) is 0 Å². The third-order valence-electron chi connectivity index (χ3n) is 5.16. The van der Waals surface area contributed by atoms with Crippen molar-refractivity contribution in [3.05, 3.63) is 53.6 Å². The van der Waals surface area contributed by atoms with Gasteiger partial charge in [0, 0.05) is 11.1 Å². The van der Waals surface area contributed by atoms with E-state index in [1.165, 1.54) is 6.07 Å². The summed E-state index contributed by atoms with van der Waals surface area (Å²) < 4.78 is 58.0. The zero-order valence-electron chi connectivity index (χ0n) is 17.6. The predicted octanol–water partition coefficient (Wildman–Crippen LogP) is 6.06. The second kappa shape index (κ2) is 9.45. The molecule has 0 saturated heterocycles. The van der Waals surface area contributed by atoms with Crippen molar-refractivity contribution < 1.29 is 32.2 Å². The summed E-state index contributed by atoms with van der Waals surface area (Å²) >= 11 is 0. The maximum atomic E-state index is 13.9. The Hall–Kier alpha value is -2.96. The van der Waals surface area contributed by atoms with E-state index in [9.17, 15) is 18.0 Å². The third-order valence-corrected chi connectivity index (χ3v) is 5.16. The van der Waals surface area contributed by atoms with Crippen LogP contribution in [0.4, 0.5) is 13.2 Å². The molecule has 3 rings (SSSR count). The summed E-state index contributed by atoms with van der Waals surface area (Å²) in [6.07, 6.45) is -1.51. The number of hydrogen-bond donors (Lipinski definition) is 0. The smallest absolute Gasteiger partial charge is 0.417 e. The van der Waals surface area contributed by atoms with Gasteiger partial charge in [-0.15, -0.1) is 0 Å². The van der Waals surface area contributed by atoms with Gasteiger partial charge in [0.2, 0.25) is 0 Å². The first kappa shape index (κ1) is 22.7. The molecule has 0 amide bonds. The fourth-order valence-corrected chi connectivity index (χ4v) is 3.61. The van der Waals surface area contributed by atoms with Gasteiger partial charge >= 0.3 is 12.1 Å². The van der Waals surface area contributed by atoms with Crippen LogP contribution in [0.1, 0.15) is 42.9 Å². The highest BCUT2D eigenvalue weighted by molar-refractivity contribution is 6.18. The molecule has 1 heterocycles. The summed E-state index contributed by atoms with van der Waals surface area (Å²) in [5, 5.41) is 0. The van der Waals surface area contributed by atoms with Gasteiger partial charge < -0.3 is 14.2 Å². The fraction of sp³-hybridized carbons (Fsp3) is 0.375. The number of carbonyl (C=O) groups is 1. The zero-order chi connectivity index (χ0) is 22.6. The highest BCUT2D eigenvalue weighted by Crippen LogP contribution is 2.45. The average Bonchev–Trinajstić information content (AvgIpc) is 2.76. The van der Waals surface area contributed by atoms with E-state index in [0.29, 0.717) is 24.5 Å². The number of carbonyl (C=O) groups excluding carboxylic acids is 1. The molecule has 0 atom stereocenters. The highest BCUT2D eigenvalue weighted by atomic mass is 19.4. The van der Waals surface area contributed by atoms with Gasteiger partial charge in [0.1, 0.15) is 11.5 Å². The predicted molar refractivity (Wildman–Crippen MR) is 112 cm³/mol. The molecule has 0 saturated carbocycles. The first-order valence-electron chi connectivity index (χ1n) is 10.2. The van der Waals surface area contributed by atoms with Crippen molar-refractivity contribution in [2.45, 2.75) is 38.8 Å². The summed E-state index contributed by atoms with van der Waals surface area (Å²) in [5.41, 5.74) is -0.0913. The highest BCUT2D eigenvalue weighted by Gasteiger charge is 2.37. The minimum atomic E-state index is -4.69. The standard InChI is InChI=1S/C24H25F3O4/c1-4-5-12-31-20-11-9-18(24(25,26)27)21(15(2)23(28)29-3)22(20)17-8-10-19-16(14-17)7-6-13-30-19/h8-11,14H,2,4-7,12-13H2,1,3H3. The molecule has 7 heteroatoms. The van der Waals surface area contributed by atoms with E-state index >= 15 is 0 Å². The second-order valence-electron chi connectivity index (χ2n) is 7.31. The number of unbranched alkanes of at least 4 members (excludes halogenated alkanes) is 1. The number of benzene rings is 2. The summed E-state index contributed by atoms with van der Waals surface area (Å²) in [7, 11) is 1.11. The van der Waals surface area contributed by atoms with Crippen LogP contribution in [0.5, 0.6) is 11.5 Å². The van der Waals surface area contributed by atoms with Gasteiger partial charge in [-0.1, -0.05) is 26.0 Å². The van der Waals surface area contributed by atoms with Crippen molar-refractivity contribution in [1.82, 2.24) is 0 Å². The van der Waals surface area contributed by atoms with E-state index in [4.69, 9.17) is 9.47 Å². The molecule has 0 fully saturated rings. The van der Waals surface area contributed by atoms with Crippen LogP contribution in [0.25, 0.3) is 16.7 Å². The molecule has 0 unspecified atom stereocenters. The molecule has 0 radical (unpaired) electrons. The van der Waals surface area contributed by atoms with E-state index in [0.717, 1.165) is 44.4 Å². The molecule has 2 aromatic rings. The lowest BCUT2D eigenvalue weighted by Gasteiger charge is -2.23. The maximum Gasteiger partial charge on any atom is 0.417 e. The number of aryl methyl sites for hydroxylation is 1. The van der Waals surface area contributed by atoms with Gasteiger partial charge in [-0.25, -0.2) is 4.79 Å². The van der Waals surface area contributed by atoms with Crippen LogP contribution in [-0.4, -0.2) is 26.3 Å². The lowest BCUT2D eigenvalue weighted by atomic mass is 9.88. The molecule has 2 aromatic carbocycles. The SMILES string of the molecule is C=C(C(=O)OC)c1c(C(F)(F)F)ccc(OCCCC)c1-c1ccc2c(c1)CCCO2. The van der Waals surface area contributed by atoms with Gasteiger partial charge in [-0.05, 0) is 54.7 Å². The first-order chi connectivity index (χ1) is 14.8. The molecule has 0 aromatic heterocycles. The van der Waals surface area contributed by atoms with E-state index in [-0.39, 0.29) is 22.4 Å². The number of esters is 1. The van der Waals surface area contributed by atoms with Crippen LogP contribution in [0.15, 0.2) is 36.9 Å². The number of methoxy groups -OCH3 is 1. The van der Waals surface area contributed by atoms with Crippen LogP contribution in [0.3, 0.4) is 0 Å². The molecule has 0 spiro atoms. The summed E-state index contributed by atoms with van der Waals surface area (Å²) in [6.45, 7) is 6.56. The lowest BCUT2D eigenvalue weighted by molar-refractivity contribution is -0.138. The van der Waals surface area contributed by atoms with Gasteiger partial charge in [-0.2, -0.15) is 13.2 Å². The number of alkyl halides is 3. The molecule has 166 valence electrons. The number of hydrogen-bond acceptors (Lipinski definition) is 4. The van der Waals surface area contributed by atoms with E-state index in [2.05, 4.69) is 11.3 Å². The second-order valence-corrected chi connectivity index (χ2v) is 7.31. The first-order valence-corrected chi connectivity index (χ1v) is 10.2. The summed E-state index contributed by atoms with van der Waals surface area (Å²) in [5.74, 6) is 0.0423. The molecule has 0 N–H and O–H groups in total. The fourth-order valence-electron chi connectivity index (χ4n) is 3.61. The van der Waals surface area contributed by atoms with Crippen LogP contribution >= 0.6 is 0 Å². The Labute approximate surface area is 179 Å². The number of rotatable bonds is 7. The third kappa shape index (κ3) is 4.86. The van der Waals surface area contributed by atoms with Crippen LogP contribution in [0, 0.1) is 0 Å². The minimum Gasteiger partial charge on any atom is -0.493 e. The largest absolute Gasteiger partial charge is 0.493 e. The number of halogens is 3. The van der Waals surface area contributed by atoms with Crippen molar-refractivity contribution >= 4 is 11.5 Å². The summed E-state index contributed by atoms with van der Waals surface area (Å²) in [4.78, 5) is 12.2.